The number of nitrogens with zero attached hydrogens (tertiary/aromatic N) is 4. The molecule has 0 aliphatic rings. The molecule has 4 rings (SSSR count). The van der Waals surface area contributed by atoms with E-state index in [-0.39, 0.29) is 11.8 Å². The van der Waals surface area contributed by atoms with E-state index in [4.69, 9.17) is 11.6 Å². The molecule has 0 saturated carbocycles. The average Bonchev–Trinajstić information content (AvgIpc) is 3.41. The molecule has 0 fully saturated rings. The van der Waals surface area contributed by atoms with Crippen LogP contribution >= 0.6 is 11.6 Å². The van der Waals surface area contributed by atoms with Crippen LogP contribution in [0.1, 0.15) is 30.1 Å². The van der Waals surface area contributed by atoms with E-state index in [1.165, 1.54) is 0 Å². The first-order chi connectivity index (χ1) is 14.7. The van der Waals surface area contributed by atoms with Gasteiger partial charge in [-0.15, -0.1) is 10.2 Å². The molecule has 1 amide bonds. The summed E-state index contributed by atoms with van der Waals surface area (Å²) < 4.78 is 4.08. The molecule has 1 atom stereocenters. The highest BCUT2D eigenvalue weighted by Gasteiger charge is 2.17. The zero-order chi connectivity index (χ0) is 20.8. The lowest BCUT2D eigenvalue weighted by atomic mass is 9.95. The van der Waals surface area contributed by atoms with E-state index >= 15 is 0 Å². The lowest BCUT2D eigenvalue weighted by molar-refractivity contribution is -0.121. The number of nitrogens with one attached hydrogen (secondary N) is 1. The van der Waals surface area contributed by atoms with Gasteiger partial charge in [0.05, 0.1) is 0 Å². The number of pyridine rings is 1. The molecule has 0 bridgehead atoms. The zero-order valence-corrected chi connectivity index (χ0v) is 17.4. The van der Waals surface area contributed by atoms with Crippen molar-refractivity contribution in [2.24, 2.45) is 0 Å². The van der Waals surface area contributed by atoms with E-state index < -0.39 is 0 Å². The second kappa shape index (κ2) is 9.59. The van der Waals surface area contributed by atoms with Crippen molar-refractivity contribution in [3.8, 4) is 0 Å². The van der Waals surface area contributed by atoms with Gasteiger partial charge in [-0.05, 0) is 48.4 Å². The van der Waals surface area contributed by atoms with Crippen molar-refractivity contribution in [2.75, 3.05) is 6.54 Å². The van der Waals surface area contributed by atoms with Crippen LogP contribution in [0.15, 0.2) is 73.2 Å². The number of aromatic nitrogens is 4. The number of hydrogen-bond acceptors (Lipinski definition) is 3. The lowest BCUT2D eigenvalue weighted by Crippen LogP contribution is -2.27. The molecule has 3 aromatic heterocycles. The van der Waals surface area contributed by atoms with E-state index in [1.54, 1.807) is 0 Å². The van der Waals surface area contributed by atoms with Crippen LogP contribution in [0.4, 0.5) is 0 Å². The maximum atomic E-state index is 12.6. The van der Waals surface area contributed by atoms with Gasteiger partial charge in [-0.2, -0.15) is 0 Å². The summed E-state index contributed by atoms with van der Waals surface area (Å²) >= 11 is 6.03. The van der Waals surface area contributed by atoms with Gasteiger partial charge in [0.25, 0.3) is 0 Å². The predicted molar refractivity (Wildman–Crippen MR) is 118 cm³/mol. The molecule has 154 valence electrons. The number of rotatable bonds is 9. The Morgan fingerprint density at radius 3 is 2.57 bits per heavy atom. The molecule has 30 heavy (non-hydrogen) atoms. The van der Waals surface area contributed by atoms with Crippen molar-refractivity contribution in [1.29, 1.82) is 0 Å². The van der Waals surface area contributed by atoms with Crippen LogP contribution in [-0.4, -0.2) is 31.6 Å². The number of aryl methyl sites for hydroxylation is 1. The normalized spacial score (nSPS) is 12.2. The van der Waals surface area contributed by atoms with Gasteiger partial charge < -0.3 is 9.88 Å². The van der Waals surface area contributed by atoms with Crippen LogP contribution in [0.25, 0.3) is 5.65 Å². The maximum Gasteiger partial charge on any atom is 0.220 e. The Labute approximate surface area is 180 Å². The van der Waals surface area contributed by atoms with Crippen LogP contribution in [0.2, 0.25) is 5.02 Å². The van der Waals surface area contributed by atoms with Gasteiger partial charge in [-0.25, -0.2) is 0 Å². The summed E-state index contributed by atoms with van der Waals surface area (Å²) in [5.74, 6) is 1.04. The van der Waals surface area contributed by atoms with Gasteiger partial charge in [0.2, 0.25) is 5.91 Å². The third kappa shape index (κ3) is 5.07. The molecule has 4 aromatic rings. The molecule has 7 heteroatoms. The predicted octanol–water partition coefficient (Wildman–Crippen LogP) is 4.11. The first-order valence-corrected chi connectivity index (χ1v) is 10.5. The first-order valence-electron chi connectivity index (χ1n) is 10.1. The SMILES string of the molecule is O=C(C[C@@H](Cn1cccc1)c1ccc(Cl)cc1)NCCCc1nnc2ccccn12. The Kier molecular flexibility index (Phi) is 6.44. The molecule has 3 heterocycles. The van der Waals surface area contributed by atoms with Crippen LogP contribution in [0.3, 0.4) is 0 Å². The Morgan fingerprint density at radius 1 is 1.00 bits per heavy atom. The van der Waals surface area contributed by atoms with Gasteiger partial charge in [-0.1, -0.05) is 29.8 Å². The number of amides is 1. The summed E-state index contributed by atoms with van der Waals surface area (Å²) in [6, 6.07) is 17.6. The first kappa shape index (κ1) is 20.2. The number of hydrogen-bond donors (Lipinski definition) is 1. The second-order valence-corrected chi connectivity index (χ2v) is 7.77. The fourth-order valence-electron chi connectivity index (χ4n) is 3.60. The molecule has 0 aliphatic heterocycles. The summed E-state index contributed by atoms with van der Waals surface area (Å²) in [6.45, 7) is 1.35. The number of carbonyl (C=O) groups is 1. The third-order valence-corrected chi connectivity index (χ3v) is 5.41. The molecular formula is C23H24ClN5O. The highest BCUT2D eigenvalue weighted by atomic mass is 35.5. The fraction of sp³-hybridized carbons (Fsp3) is 0.261. The summed E-state index contributed by atoms with van der Waals surface area (Å²) in [7, 11) is 0. The van der Waals surface area contributed by atoms with Crippen molar-refractivity contribution in [3.63, 3.8) is 0 Å². The number of carbonyl (C=O) groups excluding carboxylic acids is 1. The van der Waals surface area contributed by atoms with Crippen molar-refractivity contribution >= 4 is 23.2 Å². The largest absolute Gasteiger partial charge is 0.356 e. The summed E-state index contributed by atoms with van der Waals surface area (Å²) in [5, 5.41) is 12.1. The summed E-state index contributed by atoms with van der Waals surface area (Å²) in [6.07, 6.45) is 7.99. The van der Waals surface area contributed by atoms with E-state index in [1.807, 2.05) is 77.6 Å². The number of halogens is 1. The molecule has 0 saturated heterocycles. The average molecular weight is 422 g/mol. The van der Waals surface area contributed by atoms with Crippen molar-refractivity contribution in [1.82, 2.24) is 24.5 Å². The van der Waals surface area contributed by atoms with E-state index in [9.17, 15) is 4.79 Å². The van der Waals surface area contributed by atoms with Gasteiger partial charge >= 0.3 is 0 Å². The fourth-order valence-corrected chi connectivity index (χ4v) is 3.73. The Balaban J connectivity index is 1.31. The van der Waals surface area contributed by atoms with Gasteiger partial charge in [0.15, 0.2) is 5.65 Å². The minimum absolute atomic E-state index is 0.0493. The van der Waals surface area contributed by atoms with Gasteiger partial charge in [0.1, 0.15) is 5.82 Å². The summed E-state index contributed by atoms with van der Waals surface area (Å²) in [5.41, 5.74) is 1.95. The highest BCUT2D eigenvalue weighted by Crippen LogP contribution is 2.24. The van der Waals surface area contributed by atoms with Gasteiger partial charge in [-0.3, -0.25) is 9.20 Å². The van der Waals surface area contributed by atoms with E-state index in [0.29, 0.717) is 18.0 Å². The minimum Gasteiger partial charge on any atom is -0.356 e. The Bertz CT molecular complexity index is 1090. The Morgan fingerprint density at radius 2 is 1.77 bits per heavy atom. The van der Waals surface area contributed by atoms with Crippen LogP contribution in [0, 0.1) is 0 Å². The maximum absolute atomic E-state index is 12.6. The number of benzene rings is 1. The van der Waals surface area contributed by atoms with Crippen molar-refractivity contribution < 1.29 is 4.79 Å². The molecule has 0 spiro atoms. The van der Waals surface area contributed by atoms with Crippen molar-refractivity contribution in [2.45, 2.75) is 31.7 Å². The molecule has 0 unspecified atom stereocenters. The lowest BCUT2D eigenvalue weighted by Gasteiger charge is -2.18. The quantitative estimate of drug-likeness (QED) is 0.414. The smallest absolute Gasteiger partial charge is 0.220 e. The van der Waals surface area contributed by atoms with E-state index in [2.05, 4.69) is 20.1 Å². The number of fused-ring (bicyclic) bond motifs is 1. The topological polar surface area (TPSA) is 64.2 Å². The Hall–Kier alpha value is -3.12. The minimum atomic E-state index is 0.0493. The molecule has 6 nitrogen and oxygen atoms in total. The monoisotopic (exact) mass is 421 g/mol. The van der Waals surface area contributed by atoms with Crippen LogP contribution < -0.4 is 5.32 Å². The second-order valence-electron chi connectivity index (χ2n) is 7.33. The standard InChI is InChI=1S/C23H24ClN5O/c24-20-10-8-18(9-11-20)19(17-28-13-3-4-14-28)16-23(30)25-12-5-7-22-27-26-21-6-1-2-15-29(21)22/h1-4,6,8-11,13-15,19H,5,7,12,16-17H2,(H,25,30)/t19-/m0/s1. The van der Waals surface area contributed by atoms with Crippen LogP contribution in [0.5, 0.6) is 0 Å². The van der Waals surface area contributed by atoms with Crippen LogP contribution in [-0.2, 0) is 17.8 Å². The molecule has 0 aliphatic carbocycles. The molecule has 1 N–H and O–H groups in total. The van der Waals surface area contributed by atoms with Gasteiger partial charge in [0, 0.05) is 55.5 Å². The molecular weight excluding hydrogens is 398 g/mol. The molecule has 1 aromatic carbocycles. The third-order valence-electron chi connectivity index (χ3n) is 5.15. The summed E-state index contributed by atoms with van der Waals surface area (Å²) in [4.78, 5) is 12.6. The van der Waals surface area contributed by atoms with Crippen molar-refractivity contribution in [3.05, 3.63) is 89.6 Å². The zero-order valence-electron chi connectivity index (χ0n) is 16.6. The van der Waals surface area contributed by atoms with E-state index in [0.717, 1.165) is 36.4 Å². The molecule has 0 radical (unpaired) electrons. The highest BCUT2D eigenvalue weighted by molar-refractivity contribution is 6.30.